The number of carbonyl (C=O) groups excluding carboxylic acids is 2. The van der Waals surface area contributed by atoms with Crippen LogP contribution in [0.1, 0.15) is 147 Å². The number of aliphatic hydroxyl groups is 1. The van der Waals surface area contributed by atoms with E-state index in [1.165, 1.54) is 76.9 Å². The van der Waals surface area contributed by atoms with Crippen LogP contribution in [0, 0.1) is 11.8 Å². The van der Waals surface area contributed by atoms with Gasteiger partial charge in [-0.3, -0.25) is 0 Å². The fourth-order valence-corrected chi connectivity index (χ4v) is 6.97. The zero-order valence-corrected chi connectivity index (χ0v) is 35.9. The fraction of sp³-hybridized carbons (Fsp3) is 0.696. The highest BCUT2D eigenvalue weighted by atomic mass is 35.5. The molecule has 0 radical (unpaired) electrons. The Morgan fingerprint density at radius 1 is 0.714 bits per heavy atom. The van der Waals surface area contributed by atoms with Crippen molar-refractivity contribution in [2.24, 2.45) is 17.6 Å². The molecule has 2 atom stereocenters. The second-order valence-corrected chi connectivity index (χ2v) is 16.0. The Morgan fingerprint density at radius 3 is 1.61 bits per heavy atom. The maximum atomic E-state index is 12.9. The van der Waals surface area contributed by atoms with Gasteiger partial charge in [-0.25, -0.2) is 9.59 Å². The summed E-state index contributed by atoms with van der Waals surface area (Å²) in [5.74, 6) is 2.62. The number of ether oxygens (including phenoxy) is 4. The number of amides is 1. The standard InChI is InChI=1S/C25H39NO5.C21H35NO2.ClH/c1-4-6-7-8-9-18-31-22-14-12-20(13-15-22)16-17-25(19-21-10-11-21,23(27)30-5-2)26-24(28)29-3;1-2-3-4-5-6-15-24-20-11-9-18(10-12-20)13-14-21(22,17-23)16-19-7-8-19;/h12-15,21H,4-11,16-19H2,1-3H3,(H,26,28);9-12,19,23H,2-8,13-17,22H2,1H3;1H. The minimum absolute atomic E-state index is 0. The van der Waals surface area contributed by atoms with Crippen LogP contribution in [0.2, 0.25) is 0 Å². The predicted molar refractivity (Wildman–Crippen MR) is 229 cm³/mol. The molecule has 0 heterocycles. The van der Waals surface area contributed by atoms with Gasteiger partial charge in [0.1, 0.15) is 17.0 Å². The summed E-state index contributed by atoms with van der Waals surface area (Å²) in [5, 5.41) is 12.4. The Bertz CT molecular complexity index is 1340. The van der Waals surface area contributed by atoms with Gasteiger partial charge in [0.2, 0.25) is 0 Å². The van der Waals surface area contributed by atoms with Gasteiger partial charge in [-0.1, -0.05) is 115 Å². The highest BCUT2D eigenvalue weighted by Crippen LogP contribution is 2.39. The highest BCUT2D eigenvalue weighted by molar-refractivity contribution is 5.86. The number of halogens is 1. The number of hydrogen-bond donors (Lipinski definition) is 3. The van der Waals surface area contributed by atoms with Crippen LogP contribution >= 0.6 is 12.4 Å². The molecule has 2 aromatic carbocycles. The third-order valence-corrected chi connectivity index (χ3v) is 10.9. The van der Waals surface area contributed by atoms with Gasteiger partial charge in [-0.05, 0) is 106 Å². The lowest BCUT2D eigenvalue weighted by molar-refractivity contribution is -0.152. The van der Waals surface area contributed by atoms with Crippen LogP contribution in [0.4, 0.5) is 4.79 Å². The Kier molecular flexibility index (Phi) is 24.2. The number of esters is 1. The molecule has 2 aliphatic carbocycles. The van der Waals surface area contributed by atoms with Crippen molar-refractivity contribution in [1.82, 2.24) is 5.32 Å². The van der Waals surface area contributed by atoms with Crippen molar-refractivity contribution < 1.29 is 33.6 Å². The minimum Gasteiger partial charge on any atom is -0.494 e. The van der Waals surface area contributed by atoms with Gasteiger partial charge in [0.05, 0.1) is 33.5 Å². The molecule has 2 aromatic rings. The van der Waals surface area contributed by atoms with Crippen molar-refractivity contribution in [3.63, 3.8) is 0 Å². The Hall–Kier alpha value is -3.01. The molecular weight excluding hydrogens is 728 g/mol. The molecule has 2 fully saturated rings. The second kappa shape index (κ2) is 27.6. The Balaban J connectivity index is 0.000000392. The number of hydrogen-bond acceptors (Lipinski definition) is 8. The molecule has 0 spiro atoms. The van der Waals surface area contributed by atoms with Gasteiger partial charge < -0.3 is 35.1 Å². The lowest BCUT2D eigenvalue weighted by Gasteiger charge is -2.32. The van der Waals surface area contributed by atoms with E-state index >= 15 is 0 Å². The number of unbranched alkanes of at least 4 members (excludes halogenated alkanes) is 8. The van der Waals surface area contributed by atoms with Crippen molar-refractivity contribution >= 4 is 24.5 Å². The van der Waals surface area contributed by atoms with Crippen LogP contribution in [-0.2, 0) is 27.1 Å². The van der Waals surface area contributed by atoms with Crippen molar-refractivity contribution in [3.05, 3.63) is 59.7 Å². The summed E-state index contributed by atoms with van der Waals surface area (Å²) in [6.45, 7) is 8.13. The van der Waals surface area contributed by atoms with E-state index in [0.29, 0.717) is 25.2 Å². The van der Waals surface area contributed by atoms with Crippen LogP contribution in [-0.4, -0.2) is 61.8 Å². The quantitative estimate of drug-likeness (QED) is 0.0573. The summed E-state index contributed by atoms with van der Waals surface area (Å²) < 4.78 is 21.8. The molecule has 2 aliphatic rings. The van der Waals surface area contributed by atoms with E-state index in [1.807, 2.05) is 24.3 Å². The minimum atomic E-state index is -1.06. The number of carbonyl (C=O) groups is 2. The van der Waals surface area contributed by atoms with Gasteiger partial charge in [0.15, 0.2) is 0 Å². The van der Waals surface area contributed by atoms with Crippen molar-refractivity contribution in [2.75, 3.05) is 33.5 Å². The molecule has 9 nitrogen and oxygen atoms in total. The lowest BCUT2D eigenvalue weighted by atomic mass is 9.86. The molecule has 0 bridgehead atoms. The van der Waals surface area contributed by atoms with E-state index in [4.69, 9.17) is 24.7 Å². The normalized spacial score (nSPS) is 15.5. The van der Waals surface area contributed by atoms with E-state index in [-0.39, 0.29) is 31.6 Å². The number of alkyl carbamates (subject to hydrolysis) is 1. The number of nitrogens with two attached hydrogens (primary N) is 1. The smallest absolute Gasteiger partial charge is 0.407 e. The molecule has 1 amide bonds. The number of aliphatic hydroxyl groups excluding tert-OH is 1. The first kappa shape index (κ1) is 49.1. The van der Waals surface area contributed by atoms with Gasteiger partial charge in [0.25, 0.3) is 0 Å². The topological polar surface area (TPSA) is 129 Å². The molecule has 0 saturated heterocycles. The SMILES string of the molecule is CCCCCCCOc1ccc(CCC(CC2CC2)(NC(=O)OC)C(=O)OCC)cc1.CCCCCCCOc1ccc(CCC(N)(CO)CC2CC2)cc1.Cl. The second-order valence-electron chi connectivity index (χ2n) is 16.0. The Morgan fingerprint density at radius 2 is 1.18 bits per heavy atom. The van der Waals surface area contributed by atoms with Crippen LogP contribution in [0.25, 0.3) is 0 Å². The molecule has 4 N–H and O–H groups in total. The summed E-state index contributed by atoms with van der Waals surface area (Å²) in [6.07, 6.45) is 20.9. The van der Waals surface area contributed by atoms with E-state index < -0.39 is 17.2 Å². The molecule has 4 rings (SSSR count). The molecule has 318 valence electrons. The Labute approximate surface area is 345 Å². The molecule has 2 unspecified atom stereocenters. The summed E-state index contributed by atoms with van der Waals surface area (Å²) in [6, 6.07) is 16.4. The first-order valence-electron chi connectivity index (χ1n) is 21.5. The average Bonchev–Trinajstić information content (AvgIpc) is 4.15. The average molecular weight is 804 g/mol. The third-order valence-electron chi connectivity index (χ3n) is 10.9. The van der Waals surface area contributed by atoms with Crippen molar-refractivity contribution in [2.45, 2.75) is 160 Å². The number of rotatable bonds is 28. The zero-order valence-electron chi connectivity index (χ0n) is 35.1. The third kappa shape index (κ3) is 19.9. The first-order valence-corrected chi connectivity index (χ1v) is 21.5. The molecular formula is C46H75ClN2O7. The van der Waals surface area contributed by atoms with Crippen molar-refractivity contribution in [3.8, 4) is 11.5 Å². The number of methoxy groups -OCH3 is 1. The van der Waals surface area contributed by atoms with Gasteiger partial charge >= 0.3 is 12.1 Å². The molecule has 0 aliphatic heterocycles. The summed E-state index contributed by atoms with van der Waals surface area (Å²) >= 11 is 0. The molecule has 0 aromatic heterocycles. The van der Waals surface area contributed by atoms with Crippen LogP contribution in [0.3, 0.4) is 0 Å². The number of benzene rings is 2. The number of aryl methyl sites for hydroxylation is 2. The maximum absolute atomic E-state index is 12.9. The van der Waals surface area contributed by atoms with E-state index in [2.05, 4.69) is 43.4 Å². The van der Waals surface area contributed by atoms with Gasteiger partial charge in [-0.15, -0.1) is 12.4 Å². The molecule has 2 saturated carbocycles. The largest absolute Gasteiger partial charge is 0.494 e. The zero-order chi connectivity index (χ0) is 39.8. The van der Waals surface area contributed by atoms with Crippen LogP contribution < -0.4 is 20.5 Å². The molecule has 56 heavy (non-hydrogen) atoms. The maximum Gasteiger partial charge on any atom is 0.407 e. The van der Waals surface area contributed by atoms with Gasteiger partial charge in [0, 0.05) is 5.54 Å². The first-order chi connectivity index (χ1) is 26.7. The molecule has 10 heteroatoms. The van der Waals surface area contributed by atoms with Crippen LogP contribution in [0.5, 0.6) is 11.5 Å². The van der Waals surface area contributed by atoms with E-state index in [1.54, 1.807) is 6.92 Å². The number of nitrogens with one attached hydrogen (secondary N) is 1. The fourth-order valence-electron chi connectivity index (χ4n) is 6.97. The van der Waals surface area contributed by atoms with Gasteiger partial charge in [-0.2, -0.15) is 0 Å². The highest BCUT2D eigenvalue weighted by Gasteiger charge is 2.45. The predicted octanol–water partition coefficient (Wildman–Crippen LogP) is 10.3. The monoisotopic (exact) mass is 803 g/mol. The summed E-state index contributed by atoms with van der Waals surface area (Å²) in [4.78, 5) is 24.9. The summed E-state index contributed by atoms with van der Waals surface area (Å²) in [7, 11) is 1.31. The van der Waals surface area contributed by atoms with E-state index in [9.17, 15) is 14.7 Å². The summed E-state index contributed by atoms with van der Waals surface area (Å²) in [5.41, 5.74) is 7.25. The lowest BCUT2D eigenvalue weighted by Crippen LogP contribution is -2.56. The van der Waals surface area contributed by atoms with Crippen molar-refractivity contribution in [1.29, 1.82) is 0 Å². The van der Waals surface area contributed by atoms with Crippen LogP contribution in [0.15, 0.2) is 48.5 Å². The van der Waals surface area contributed by atoms with E-state index in [0.717, 1.165) is 81.1 Å².